The van der Waals surface area contributed by atoms with Gasteiger partial charge < -0.3 is 9.47 Å². The van der Waals surface area contributed by atoms with E-state index < -0.39 is 0 Å². The van der Waals surface area contributed by atoms with E-state index in [0.29, 0.717) is 24.8 Å². The van der Waals surface area contributed by atoms with E-state index in [1.54, 1.807) is 0 Å². The molecule has 0 radical (unpaired) electrons. The Morgan fingerprint density at radius 1 is 0.613 bits per heavy atom. The highest BCUT2D eigenvalue weighted by molar-refractivity contribution is 5.49. The fourth-order valence-electron chi connectivity index (χ4n) is 3.05. The first-order valence-electron chi connectivity index (χ1n) is 10.3. The first-order valence-corrected chi connectivity index (χ1v) is 10.3. The zero-order valence-corrected chi connectivity index (χ0v) is 17.2. The molecule has 3 aromatic carbocycles. The van der Waals surface area contributed by atoms with Crippen LogP contribution in [0.3, 0.4) is 0 Å². The monoisotopic (exact) mass is 408 g/mol. The Morgan fingerprint density at radius 3 is 1.77 bits per heavy atom. The first-order chi connectivity index (χ1) is 15.4. The molecule has 4 nitrogen and oxygen atoms in total. The van der Waals surface area contributed by atoms with E-state index in [4.69, 9.17) is 9.47 Å². The van der Waals surface area contributed by atoms with Crippen molar-refractivity contribution < 1.29 is 9.47 Å². The lowest BCUT2D eigenvalue weighted by Crippen LogP contribution is -2.04. The minimum atomic E-state index is 0.389. The molecule has 0 aliphatic heterocycles. The summed E-state index contributed by atoms with van der Waals surface area (Å²) < 4.78 is 12.0. The molecule has 0 unspecified atom stereocenters. The molecule has 4 aromatic rings. The SMILES string of the molecule is C(=C\c1cc(OCc2ccccc2)c(OCc2ccccc2)nn1)/Cc1ccccc1. The summed E-state index contributed by atoms with van der Waals surface area (Å²) >= 11 is 0. The molecule has 1 aromatic heterocycles. The predicted molar refractivity (Wildman–Crippen MR) is 123 cm³/mol. The minimum Gasteiger partial charge on any atom is -0.483 e. The Balaban J connectivity index is 1.48. The van der Waals surface area contributed by atoms with Gasteiger partial charge in [0.15, 0.2) is 5.75 Å². The van der Waals surface area contributed by atoms with Crippen LogP contribution in [0.25, 0.3) is 6.08 Å². The van der Waals surface area contributed by atoms with Crippen LogP contribution in [0.5, 0.6) is 11.6 Å². The molecule has 0 saturated heterocycles. The Hall–Kier alpha value is -3.92. The molecule has 154 valence electrons. The Labute approximate surface area is 182 Å². The number of aromatic nitrogens is 2. The van der Waals surface area contributed by atoms with Crippen molar-refractivity contribution in [2.24, 2.45) is 0 Å². The zero-order valence-electron chi connectivity index (χ0n) is 17.2. The van der Waals surface area contributed by atoms with Crippen LogP contribution in [0.15, 0.2) is 103 Å². The van der Waals surface area contributed by atoms with Gasteiger partial charge >= 0.3 is 0 Å². The van der Waals surface area contributed by atoms with E-state index in [2.05, 4.69) is 28.4 Å². The van der Waals surface area contributed by atoms with Crippen molar-refractivity contribution >= 4 is 6.08 Å². The summed E-state index contributed by atoms with van der Waals surface area (Å²) in [5.74, 6) is 0.967. The molecule has 31 heavy (non-hydrogen) atoms. The molecule has 4 heteroatoms. The summed E-state index contributed by atoms with van der Waals surface area (Å²) in [6, 6.07) is 32.2. The van der Waals surface area contributed by atoms with Gasteiger partial charge in [-0.1, -0.05) is 97.1 Å². The fraction of sp³-hybridized carbons (Fsp3) is 0.111. The van der Waals surface area contributed by atoms with Crippen molar-refractivity contribution in [2.45, 2.75) is 19.6 Å². The molecule has 0 amide bonds. The number of benzene rings is 3. The lowest BCUT2D eigenvalue weighted by molar-refractivity contribution is 0.244. The van der Waals surface area contributed by atoms with Crippen LogP contribution in [0, 0.1) is 0 Å². The molecule has 0 bridgehead atoms. The fourth-order valence-corrected chi connectivity index (χ4v) is 3.05. The quantitative estimate of drug-likeness (QED) is 0.346. The minimum absolute atomic E-state index is 0.389. The maximum Gasteiger partial charge on any atom is 0.276 e. The average molecular weight is 409 g/mol. The molecular formula is C27H24N2O2. The summed E-state index contributed by atoms with van der Waals surface area (Å²) in [6.07, 6.45) is 4.86. The normalized spacial score (nSPS) is 10.8. The van der Waals surface area contributed by atoms with Gasteiger partial charge in [-0.2, -0.15) is 0 Å². The average Bonchev–Trinajstić information content (AvgIpc) is 2.84. The zero-order chi connectivity index (χ0) is 21.1. The summed E-state index contributed by atoms with van der Waals surface area (Å²) in [6.45, 7) is 0.835. The van der Waals surface area contributed by atoms with Gasteiger partial charge in [0, 0.05) is 6.07 Å². The molecule has 0 aliphatic carbocycles. The van der Waals surface area contributed by atoms with Crippen LogP contribution in [0.2, 0.25) is 0 Å². The Morgan fingerprint density at radius 2 is 1.16 bits per heavy atom. The third kappa shape index (κ3) is 6.28. The van der Waals surface area contributed by atoms with Gasteiger partial charge in [-0.3, -0.25) is 0 Å². The van der Waals surface area contributed by atoms with Crippen LogP contribution >= 0.6 is 0 Å². The number of hydrogen-bond acceptors (Lipinski definition) is 4. The van der Waals surface area contributed by atoms with Crippen molar-refractivity contribution in [3.8, 4) is 11.6 Å². The lowest BCUT2D eigenvalue weighted by Gasteiger charge is -2.12. The van der Waals surface area contributed by atoms with Crippen LogP contribution in [-0.2, 0) is 19.6 Å². The summed E-state index contributed by atoms with van der Waals surface area (Å²) in [5.41, 5.74) is 4.11. The third-order valence-corrected chi connectivity index (χ3v) is 4.69. The van der Waals surface area contributed by atoms with Gasteiger partial charge in [0.2, 0.25) is 0 Å². The number of nitrogens with zero attached hydrogens (tertiary/aromatic N) is 2. The smallest absolute Gasteiger partial charge is 0.276 e. The van der Waals surface area contributed by atoms with Crippen LogP contribution in [0.4, 0.5) is 0 Å². The van der Waals surface area contributed by atoms with E-state index >= 15 is 0 Å². The second-order valence-corrected chi connectivity index (χ2v) is 7.08. The molecule has 0 fully saturated rings. The molecule has 0 N–H and O–H groups in total. The number of rotatable bonds is 9. The highest BCUT2D eigenvalue weighted by Crippen LogP contribution is 2.26. The van der Waals surface area contributed by atoms with Crippen LogP contribution in [-0.4, -0.2) is 10.2 Å². The van der Waals surface area contributed by atoms with E-state index in [0.717, 1.165) is 23.2 Å². The van der Waals surface area contributed by atoms with Crippen molar-refractivity contribution in [2.75, 3.05) is 0 Å². The first kappa shape index (κ1) is 20.4. The predicted octanol–water partition coefficient (Wildman–Crippen LogP) is 5.89. The molecular weight excluding hydrogens is 384 g/mol. The van der Waals surface area contributed by atoms with E-state index in [-0.39, 0.29) is 0 Å². The van der Waals surface area contributed by atoms with Gasteiger partial charge in [0.05, 0.1) is 5.69 Å². The van der Waals surface area contributed by atoms with Gasteiger partial charge in [0.1, 0.15) is 13.2 Å². The van der Waals surface area contributed by atoms with Crippen molar-refractivity contribution in [1.82, 2.24) is 10.2 Å². The van der Waals surface area contributed by atoms with E-state index in [1.165, 1.54) is 5.56 Å². The Bertz CT molecular complexity index is 1100. The maximum absolute atomic E-state index is 6.06. The Kier molecular flexibility index (Phi) is 7.05. The molecule has 0 atom stereocenters. The maximum atomic E-state index is 6.06. The largest absolute Gasteiger partial charge is 0.483 e. The van der Waals surface area contributed by atoms with Crippen LogP contribution < -0.4 is 9.47 Å². The molecule has 0 saturated carbocycles. The second kappa shape index (κ2) is 10.7. The highest BCUT2D eigenvalue weighted by Gasteiger charge is 2.10. The molecule has 1 heterocycles. The van der Waals surface area contributed by atoms with Gasteiger partial charge in [-0.15, -0.1) is 10.2 Å². The molecule has 0 aliphatic rings. The van der Waals surface area contributed by atoms with Crippen LogP contribution in [0.1, 0.15) is 22.4 Å². The van der Waals surface area contributed by atoms with Gasteiger partial charge in [-0.25, -0.2) is 0 Å². The lowest BCUT2D eigenvalue weighted by atomic mass is 10.1. The third-order valence-electron chi connectivity index (χ3n) is 4.69. The summed E-state index contributed by atoms with van der Waals surface area (Å²) in [7, 11) is 0. The van der Waals surface area contributed by atoms with Crippen molar-refractivity contribution in [1.29, 1.82) is 0 Å². The number of ether oxygens (including phenoxy) is 2. The van der Waals surface area contributed by atoms with Crippen molar-refractivity contribution in [3.05, 3.63) is 126 Å². The van der Waals surface area contributed by atoms with E-state index in [1.807, 2.05) is 91.0 Å². The molecule has 0 spiro atoms. The topological polar surface area (TPSA) is 44.2 Å². The standard InChI is InChI=1S/C27H24N2O2/c1-4-11-22(12-5-1)17-10-18-25-19-26(30-20-23-13-6-2-7-14-23)27(29-28-25)31-21-24-15-8-3-9-16-24/h1-16,18-19H,17,20-21H2/b18-10+. The highest BCUT2D eigenvalue weighted by atomic mass is 16.5. The number of allylic oxidation sites excluding steroid dienone is 1. The van der Waals surface area contributed by atoms with E-state index in [9.17, 15) is 0 Å². The summed E-state index contributed by atoms with van der Waals surface area (Å²) in [5, 5.41) is 8.58. The van der Waals surface area contributed by atoms with Gasteiger partial charge in [0.25, 0.3) is 5.88 Å². The second-order valence-electron chi connectivity index (χ2n) is 7.08. The molecule has 4 rings (SSSR count). The number of hydrogen-bond donors (Lipinski definition) is 0. The van der Waals surface area contributed by atoms with Gasteiger partial charge in [-0.05, 0) is 29.2 Å². The summed E-state index contributed by atoms with van der Waals surface area (Å²) in [4.78, 5) is 0. The van der Waals surface area contributed by atoms with Crippen molar-refractivity contribution in [3.63, 3.8) is 0 Å².